The lowest BCUT2D eigenvalue weighted by atomic mass is 9.80. The van der Waals surface area contributed by atoms with Gasteiger partial charge in [0.05, 0.1) is 5.56 Å². The molecule has 34 heavy (non-hydrogen) atoms. The van der Waals surface area contributed by atoms with Gasteiger partial charge in [0.2, 0.25) is 5.91 Å². The number of anilines is 2. The molecule has 1 N–H and O–H groups in total. The van der Waals surface area contributed by atoms with Crippen LogP contribution in [0.15, 0.2) is 53.9 Å². The average Bonchev–Trinajstić information content (AvgIpc) is 3.49. The first kappa shape index (κ1) is 23.0. The fraction of sp³-hybridized carbons (Fsp3) is 0.269. The van der Waals surface area contributed by atoms with E-state index in [9.17, 15) is 14.4 Å². The molecule has 1 aromatic heterocycles. The topological polar surface area (TPSA) is 75.7 Å². The van der Waals surface area contributed by atoms with Gasteiger partial charge in [-0.3, -0.25) is 9.59 Å². The van der Waals surface area contributed by atoms with Gasteiger partial charge in [-0.2, -0.15) is 0 Å². The van der Waals surface area contributed by atoms with Crippen LogP contribution in [0.5, 0.6) is 0 Å². The van der Waals surface area contributed by atoms with Crippen molar-refractivity contribution >= 4 is 62.8 Å². The Morgan fingerprint density at radius 3 is 2.53 bits per heavy atom. The summed E-state index contributed by atoms with van der Waals surface area (Å²) in [5, 5.41) is 5.38. The van der Waals surface area contributed by atoms with E-state index in [2.05, 4.69) is 23.5 Å². The second kappa shape index (κ2) is 9.87. The van der Waals surface area contributed by atoms with E-state index in [-0.39, 0.29) is 17.7 Å². The molecule has 174 valence electrons. The Morgan fingerprint density at radius 2 is 1.82 bits per heavy atom. The van der Waals surface area contributed by atoms with Crippen molar-refractivity contribution in [2.45, 2.75) is 38.0 Å². The van der Waals surface area contributed by atoms with Crippen LogP contribution in [0.1, 0.15) is 62.6 Å². The zero-order chi connectivity index (χ0) is 23.7. The van der Waals surface area contributed by atoms with E-state index in [1.165, 1.54) is 22.5 Å². The number of rotatable bonds is 5. The van der Waals surface area contributed by atoms with Crippen LogP contribution in [-0.2, 0) is 20.7 Å². The molecule has 8 heteroatoms. The zero-order valence-corrected chi connectivity index (χ0v) is 21.4. The third-order valence-electron chi connectivity index (χ3n) is 6.62. The van der Waals surface area contributed by atoms with E-state index in [4.69, 9.17) is 3.07 Å². The molecule has 1 saturated heterocycles. The van der Waals surface area contributed by atoms with Crippen molar-refractivity contribution in [3.8, 4) is 0 Å². The van der Waals surface area contributed by atoms with Crippen molar-refractivity contribution in [3.63, 3.8) is 0 Å². The summed E-state index contributed by atoms with van der Waals surface area (Å²) < 4.78 is 5.06. The summed E-state index contributed by atoms with van der Waals surface area (Å²) in [7, 11) is 0. The van der Waals surface area contributed by atoms with E-state index >= 15 is 0 Å². The molecule has 2 heterocycles. The molecule has 5 rings (SSSR count). The SMILES string of the molecule is O=C(Nc1scc(C2CCc3ccccc3C2)c1C(=O)OI)c1ccc(N2CCCC2=O)cc1. The third kappa shape index (κ3) is 4.48. The molecule has 0 radical (unpaired) electrons. The summed E-state index contributed by atoms with van der Waals surface area (Å²) in [6.07, 6.45) is 4.18. The van der Waals surface area contributed by atoms with Crippen molar-refractivity contribution in [2.75, 3.05) is 16.8 Å². The number of amides is 2. The number of hydrogen-bond acceptors (Lipinski definition) is 5. The second-order valence-corrected chi connectivity index (χ2v) is 9.94. The van der Waals surface area contributed by atoms with Gasteiger partial charge in [-0.05, 0) is 77.9 Å². The standard InChI is InChI=1S/C26H23IN2O4S/c27-33-26(32)23-21(19-8-7-16-4-1-2-5-18(16)14-19)15-34-25(23)28-24(31)17-9-11-20(12-10-17)29-13-3-6-22(29)30/h1-2,4-5,9-12,15,19H,3,6-8,13-14H2,(H,28,31). The van der Waals surface area contributed by atoms with Gasteiger partial charge in [0.25, 0.3) is 5.91 Å². The zero-order valence-electron chi connectivity index (χ0n) is 18.4. The molecule has 1 atom stereocenters. The highest BCUT2D eigenvalue weighted by Gasteiger charge is 2.29. The summed E-state index contributed by atoms with van der Waals surface area (Å²) in [5.74, 6) is -0.451. The molecule has 1 fully saturated rings. The van der Waals surface area contributed by atoms with E-state index in [1.54, 1.807) is 52.2 Å². The fourth-order valence-electron chi connectivity index (χ4n) is 4.87. The number of nitrogens with zero attached hydrogens (tertiary/aromatic N) is 1. The lowest BCUT2D eigenvalue weighted by Gasteiger charge is -2.25. The van der Waals surface area contributed by atoms with Crippen LogP contribution >= 0.6 is 34.3 Å². The Kier molecular flexibility index (Phi) is 6.69. The summed E-state index contributed by atoms with van der Waals surface area (Å²) in [5.41, 5.74) is 5.30. The summed E-state index contributed by atoms with van der Waals surface area (Å²) in [4.78, 5) is 39.4. The molecular formula is C26H23IN2O4S. The van der Waals surface area contributed by atoms with Crippen LogP contribution in [0.25, 0.3) is 0 Å². The molecule has 1 aliphatic carbocycles. The van der Waals surface area contributed by atoms with Crippen molar-refractivity contribution in [2.24, 2.45) is 0 Å². The van der Waals surface area contributed by atoms with Crippen molar-refractivity contribution in [3.05, 3.63) is 81.7 Å². The molecule has 0 bridgehead atoms. The van der Waals surface area contributed by atoms with Crippen molar-refractivity contribution < 1.29 is 17.4 Å². The highest BCUT2D eigenvalue weighted by molar-refractivity contribution is 14.1. The number of carbonyl (C=O) groups is 3. The van der Waals surface area contributed by atoms with E-state index < -0.39 is 5.97 Å². The molecule has 2 aliphatic rings. The van der Waals surface area contributed by atoms with Gasteiger partial charge < -0.3 is 13.3 Å². The molecule has 2 amide bonds. The van der Waals surface area contributed by atoms with Gasteiger partial charge in [0, 0.05) is 24.2 Å². The molecule has 0 spiro atoms. The number of benzene rings is 2. The Morgan fingerprint density at radius 1 is 1.06 bits per heavy atom. The minimum Gasteiger partial charge on any atom is -0.391 e. The molecular weight excluding hydrogens is 563 g/mol. The maximum Gasteiger partial charge on any atom is 0.350 e. The lowest BCUT2D eigenvalue weighted by molar-refractivity contribution is -0.117. The van der Waals surface area contributed by atoms with Crippen LogP contribution < -0.4 is 10.2 Å². The molecule has 6 nitrogen and oxygen atoms in total. The molecule has 0 saturated carbocycles. The van der Waals surface area contributed by atoms with Crippen LogP contribution in [0.3, 0.4) is 0 Å². The third-order valence-corrected chi connectivity index (χ3v) is 7.94. The summed E-state index contributed by atoms with van der Waals surface area (Å²) in [6, 6.07) is 15.4. The molecule has 1 unspecified atom stereocenters. The average molecular weight is 586 g/mol. The van der Waals surface area contributed by atoms with Crippen molar-refractivity contribution in [1.82, 2.24) is 0 Å². The largest absolute Gasteiger partial charge is 0.391 e. The minimum absolute atomic E-state index is 0.107. The Hall–Kier alpha value is -2.72. The first-order chi connectivity index (χ1) is 16.5. The molecule has 2 aromatic carbocycles. The van der Waals surface area contributed by atoms with Crippen LogP contribution in [0.2, 0.25) is 0 Å². The van der Waals surface area contributed by atoms with Gasteiger partial charge in [0.15, 0.2) is 23.0 Å². The number of carbonyl (C=O) groups excluding carboxylic acids is 3. The molecule has 1 aliphatic heterocycles. The monoisotopic (exact) mass is 586 g/mol. The maximum absolute atomic E-state index is 13.0. The number of hydrogen-bond donors (Lipinski definition) is 1. The fourth-order valence-corrected chi connectivity index (χ4v) is 6.11. The van der Waals surface area contributed by atoms with Gasteiger partial charge in [-0.25, -0.2) is 4.79 Å². The number of fused-ring (bicyclic) bond motifs is 1. The van der Waals surface area contributed by atoms with Crippen molar-refractivity contribution in [1.29, 1.82) is 0 Å². The van der Waals surface area contributed by atoms with Gasteiger partial charge in [-0.15, -0.1) is 11.3 Å². The normalized spacial score (nSPS) is 17.4. The Labute approximate surface area is 216 Å². The highest BCUT2D eigenvalue weighted by Crippen LogP contribution is 2.40. The maximum atomic E-state index is 13.0. The summed E-state index contributed by atoms with van der Waals surface area (Å²) >= 11 is 2.95. The van der Waals surface area contributed by atoms with E-state index in [0.29, 0.717) is 29.1 Å². The quantitative estimate of drug-likeness (QED) is 0.378. The van der Waals surface area contributed by atoms with Gasteiger partial charge >= 0.3 is 5.97 Å². The summed E-state index contributed by atoms with van der Waals surface area (Å²) in [6.45, 7) is 0.704. The Bertz CT molecular complexity index is 1250. The van der Waals surface area contributed by atoms with E-state index in [0.717, 1.165) is 36.9 Å². The number of halogens is 1. The molecule has 3 aromatic rings. The first-order valence-electron chi connectivity index (χ1n) is 11.3. The predicted octanol–water partition coefficient (Wildman–Crippen LogP) is 5.91. The van der Waals surface area contributed by atoms with Crippen LogP contribution in [-0.4, -0.2) is 24.3 Å². The number of thiophene rings is 1. The lowest BCUT2D eigenvalue weighted by Crippen LogP contribution is -2.23. The van der Waals surface area contributed by atoms with E-state index in [1.807, 2.05) is 11.4 Å². The van der Waals surface area contributed by atoms with Gasteiger partial charge in [0.1, 0.15) is 5.00 Å². The van der Waals surface area contributed by atoms with Crippen LogP contribution in [0.4, 0.5) is 10.7 Å². The highest BCUT2D eigenvalue weighted by atomic mass is 127. The first-order valence-corrected chi connectivity index (χ1v) is 13.0. The smallest absolute Gasteiger partial charge is 0.350 e. The second-order valence-electron chi connectivity index (χ2n) is 8.62. The van der Waals surface area contributed by atoms with Crippen LogP contribution in [0, 0.1) is 0 Å². The minimum atomic E-state index is -0.450. The number of nitrogens with one attached hydrogen (secondary N) is 1. The Balaban J connectivity index is 1.37. The predicted molar refractivity (Wildman–Crippen MR) is 141 cm³/mol. The van der Waals surface area contributed by atoms with Gasteiger partial charge in [-0.1, -0.05) is 24.3 Å². The number of aryl methyl sites for hydroxylation is 1.